The van der Waals surface area contributed by atoms with Gasteiger partial charge in [0.15, 0.2) is 5.82 Å². The summed E-state index contributed by atoms with van der Waals surface area (Å²) in [6, 6.07) is 7.82. The number of thiophene rings is 1. The average molecular weight is 336 g/mol. The van der Waals surface area contributed by atoms with Gasteiger partial charge in [0.25, 0.3) is 0 Å². The minimum absolute atomic E-state index is 0.0342. The quantitative estimate of drug-likeness (QED) is 0.595. The van der Waals surface area contributed by atoms with Crippen molar-refractivity contribution >= 4 is 37.6 Å². The summed E-state index contributed by atoms with van der Waals surface area (Å²) < 4.78 is 1.00. The second-order valence-electron chi connectivity index (χ2n) is 5.63. The number of rotatable bonds is 4. The lowest BCUT2D eigenvalue weighted by atomic mass is 10.2. The average Bonchev–Trinajstić information content (AvgIpc) is 2.99. The molecule has 3 N–H and O–H groups in total. The fourth-order valence-electron chi connectivity index (χ4n) is 2.49. The summed E-state index contributed by atoms with van der Waals surface area (Å²) in [7, 11) is 0. The SMILES string of the molecule is CC(N)CNc1nc(-c2ccncc2)nc2c1sc1ncccc12. The number of nitrogens with two attached hydrogens (primary N) is 1. The Kier molecular flexibility index (Phi) is 3.79. The molecule has 4 rings (SSSR count). The summed E-state index contributed by atoms with van der Waals surface area (Å²) in [5, 5.41) is 4.39. The molecule has 4 aromatic rings. The van der Waals surface area contributed by atoms with Gasteiger partial charge in [0.1, 0.15) is 10.6 Å². The molecule has 1 unspecified atom stereocenters. The van der Waals surface area contributed by atoms with Gasteiger partial charge in [-0.3, -0.25) is 4.98 Å². The molecular formula is C17H16N6S. The summed E-state index contributed by atoms with van der Waals surface area (Å²) >= 11 is 1.59. The van der Waals surface area contributed by atoms with E-state index in [0.29, 0.717) is 12.4 Å². The van der Waals surface area contributed by atoms with E-state index in [0.717, 1.165) is 31.8 Å². The first-order valence-electron chi connectivity index (χ1n) is 7.67. The second kappa shape index (κ2) is 6.10. The second-order valence-corrected chi connectivity index (χ2v) is 6.62. The van der Waals surface area contributed by atoms with Crippen molar-refractivity contribution in [2.75, 3.05) is 11.9 Å². The Morgan fingerprint density at radius 3 is 2.79 bits per heavy atom. The first kappa shape index (κ1) is 14.9. The van der Waals surface area contributed by atoms with Gasteiger partial charge >= 0.3 is 0 Å². The zero-order valence-electron chi connectivity index (χ0n) is 13.1. The molecule has 7 heteroatoms. The van der Waals surface area contributed by atoms with Crippen LogP contribution in [0.25, 0.3) is 31.8 Å². The van der Waals surface area contributed by atoms with E-state index >= 15 is 0 Å². The van der Waals surface area contributed by atoms with Crippen molar-refractivity contribution in [1.82, 2.24) is 19.9 Å². The van der Waals surface area contributed by atoms with Crippen LogP contribution < -0.4 is 11.1 Å². The van der Waals surface area contributed by atoms with Crippen molar-refractivity contribution < 1.29 is 0 Å². The molecule has 0 bridgehead atoms. The van der Waals surface area contributed by atoms with Crippen molar-refractivity contribution in [3.63, 3.8) is 0 Å². The van der Waals surface area contributed by atoms with Crippen molar-refractivity contribution in [3.05, 3.63) is 42.9 Å². The zero-order chi connectivity index (χ0) is 16.5. The Bertz CT molecular complexity index is 996. The summed E-state index contributed by atoms with van der Waals surface area (Å²) in [4.78, 5) is 19.0. The van der Waals surface area contributed by atoms with Gasteiger partial charge < -0.3 is 11.1 Å². The normalized spacial score (nSPS) is 12.6. The van der Waals surface area contributed by atoms with Crippen LogP contribution in [0.4, 0.5) is 5.82 Å². The third-order valence-corrected chi connectivity index (χ3v) is 4.73. The molecule has 0 radical (unpaired) electrons. The molecule has 0 aromatic carbocycles. The molecular weight excluding hydrogens is 320 g/mol. The Labute approximate surface area is 142 Å². The Hall–Kier alpha value is -2.64. The third kappa shape index (κ3) is 2.68. The van der Waals surface area contributed by atoms with Crippen molar-refractivity contribution in [2.45, 2.75) is 13.0 Å². The number of nitrogens with one attached hydrogen (secondary N) is 1. The molecule has 24 heavy (non-hydrogen) atoms. The van der Waals surface area contributed by atoms with E-state index in [2.05, 4.69) is 15.3 Å². The van der Waals surface area contributed by atoms with Crippen LogP contribution in [0.15, 0.2) is 42.9 Å². The zero-order valence-corrected chi connectivity index (χ0v) is 13.9. The molecule has 0 spiro atoms. The minimum Gasteiger partial charge on any atom is -0.367 e. The van der Waals surface area contributed by atoms with E-state index in [4.69, 9.17) is 15.7 Å². The van der Waals surface area contributed by atoms with Crippen LogP contribution in [0.2, 0.25) is 0 Å². The number of anilines is 1. The van der Waals surface area contributed by atoms with Crippen LogP contribution in [0.3, 0.4) is 0 Å². The maximum Gasteiger partial charge on any atom is 0.162 e. The molecule has 1 atom stereocenters. The number of pyridine rings is 2. The van der Waals surface area contributed by atoms with Crippen LogP contribution >= 0.6 is 11.3 Å². The van der Waals surface area contributed by atoms with E-state index in [1.807, 2.05) is 31.2 Å². The van der Waals surface area contributed by atoms with Gasteiger partial charge in [0.05, 0.1) is 10.2 Å². The lowest BCUT2D eigenvalue weighted by molar-refractivity contribution is 0.778. The molecule has 0 aliphatic heterocycles. The highest BCUT2D eigenvalue weighted by Gasteiger charge is 2.15. The number of nitrogens with zero attached hydrogens (tertiary/aromatic N) is 4. The maximum absolute atomic E-state index is 5.89. The van der Waals surface area contributed by atoms with Crippen LogP contribution in [-0.2, 0) is 0 Å². The van der Waals surface area contributed by atoms with E-state index in [1.165, 1.54) is 0 Å². The highest BCUT2D eigenvalue weighted by atomic mass is 32.1. The fourth-order valence-corrected chi connectivity index (χ4v) is 3.53. The smallest absolute Gasteiger partial charge is 0.162 e. The van der Waals surface area contributed by atoms with Gasteiger partial charge in [-0.15, -0.1) is 11.3 Å². The first-order valence-corrected chi connectivity index (χ1v) is 8.49. The minimum atomic E-state index is 0.0342. The molecule has 0 aliphatic rings. The van der Waals surface area contributed by atoms with Crippen LogP contribution in [0.5, 0.6) is 0 Å². The largest absolute Gasteiger partial charge is 0.367 e. The lowest BCUT2D eigenvalue weighted by Gasteiger charge is -2.10. The molecule has 0 fully saturated rings. The van der Waals surface area contributed by atoms with Gasteiger partial charge in [-0.2, -0.15) is 0 Å². The molecule has 4 aromatic heterocycles. The summed E-state index contributed by atoms with van der Waals surface area (Å²) in [6.07, 6.45) is 5.28. The van der Waals surface area contributed by atoms with Gasteiger partial charge in [0, 0.05) is 42.1 Å². The fraction of sp³-hybridized carbons (Fsp3) is 0.176. The van der Waals surface area contributed by atoms with Gasteiger partial charge in [-0.05, 0) is 31.2 Å². The summed E-state index contributed by atoms with van der Waals surface area (Å²) in [6.45, 7) is 2.60. The van der Waals surface area contributed by atoms with E-state index in [-0.39, 0.29) is 6.04 Å². The van der Waals surface area contributed by atoms with E-state index in [9.17, 15) is 0 Å². The molecule has 0 aliphatic carbocycles. The molecule has 4 heterocycles. The lowest BCUT2D eigenvalue weighted by Crippen LogP contribution is -2.25. The van der Waals surface area contributed by atoms with Crippen molar-refractivity contribution in [2.24, 2.45) is 5.73 Å². The highest BCUT2D eigenvalue weighted by molar-refractivity contribution is 7.25. The van der Waals surface area contributed by atoms with Crippen molar-refractivity contribution in [3.8, 4) is 11.4 Å². The highest BCUT2D eigenvalue weighted by Crippen LogP contribution is 2.36. The topological polar surface area (TPSA) is 89.6 Å². The third-order valence-electron chi connectivity index (χ3n) is 3.62. The van der Waals surface area contributed by atoms with E-state index < -0.39 is 0 Å². The molecule has 0 saturated carbocycles. The van der Waals surface area contributed by atoms with Gasteiger partial charge in [-0.1, -0.05) is 0 Å². The Morgan fingerprint density at radius 1 is 1.17 bits per heavy atom. The number of hydrogen-bond donors (Lipinski definition) is 2. The van der Waals surface area contributed by atoms with Gasteiger partial charge in [-0.25, -0.2) is 15.0 Å². The molecule has 0 amide bonds. The Balaban J connectivity index is 1.96. The van der Waals surface area contributed by atoms with Crippen LogP contribution in [-0.4, -0.2) is 32.5 Å². The first-order chi connectivity index (χ1) is 11.7. The monoisotopic (exact) mass is 336 g/mol. The van der Waals surface area contributed by atoms with E-state index in [1.54, 1.807) is 29.9 Å². The molecule has 6 nitrogen and oxygen atoms in total. The predicted octanol–water partition coefficient (Wildman–Crippen LogP) is 3.06. The number of aromatic nitrogens is 4. The molecule has 120 valence electrons. The van der Waals surface area contributed by atoms with Crippen molar-refractivity contribution in [1.29, 1.82) is 0 Å². The van der Waals surface area contributed by atoms with Crippen LogP contribution in [0, 0.1) is 0 Å². The maximum atomic E-state index is 5.89. The van der Waals surface area contributed by atoms with Gasteiger partial charge in [0.2, 0.25) is 0 Å². The van der Waals surface area contributed by atoms with Crippen LogP contribution in [0.1, 0.15) is 6.92 Å². The Morgan fingerprint density at radius 2 is 2.00 bits per heavy atom. The predicted molar refractivity (Wildman–Crippen MR) is 98.1 cm³/mol. The summed E-state index contributed by atoms with van der Waals surface area (Å²) in [5.74, 6) is 1.47. The standard InChI is InChI=1S/C17H16N6S/c1-10(18)9-21-16-14-13(12-3-2-6-20-17(12)24-14)22-15(23-16)11-4-7-19-8-5-11/h2-8,10H,9,18H2,1H3,(H,21,22,23). The number of hydrogen-bond acceptors (Lipinski definition) is 7. The number of fused-ring (bicyclic) bond motifs is 3. The summed E-state index contributed by atoms with van der Waals surface area (Å²) in [5.41, 5.74) is 7.73. The molecule has 0 saturated heterocycles.